The Kier molecular flexibility index (Phi) is 2.55. The van der Waals surface area contributed by atoms with Crippen molar-refractivity contribution in [3.63, 3.8) is 0 Å². The molecule has 0 radical (unpaired) electrons. The molecule has 6 heteroatoms. The smallest absolute Gasteiger partial charge is 0.335 e. The lowest BCUT2D eigenvalue weighted by Gasteiger charge is -2.17. The highest BCUT2D eigenvalue weighted by atomic mass is 16.7. The summed E-state index contributed by atoms with van der Waals surface area (Å²) in [5.41, 5.74) is 1.92. The first-order valence-corrected chi connectivity index (χ1v) is 6.67. The van der Waals surface area contributed by atoms with Crippen molar-refractivity contribution in [3.05, 3.63) is 30.1 Å². The predicted molar refractivity (Wildman–Crippen MR) is 69.5 cm³/mol. The number of carbonyl (C=O) groups is 1. The van der Waals surface area contributed by atoms with E-state index in [1.54, 1.807) is 24.5 Å². The Morgan fingerprint density at radius 2 is 2.30 bits per heavy atom. The molecule has 4 rings (SSSR count). The van der Waals surface area contributed by atoms with E-state index >= 15 is 0 Å². The van der Waals surface area contributed by atoms with Crippen molar-refractivity contribution in [2.24, 2.45) is 5.92 Å². The Morgan fingerprint density at radius 3 is 3.15 bits per heavy atom. The van der Waals surface area contributed by atoms with Gasteiger partial charge in [-0.3, -0.25) is 0 Å². The van der Waals surface area contributed by atoms with Gasteiger partial charge in [0.05, 0.1) is 42.2 Å². The van der Waals surface area contributed by atoms with Crippen molar-refractivity contribution in [2.75, 3.05) is 13.2 Å². The molecule has 0 bridgehead atoms. The molecule has 0 aliphatic carbocycles. The summed E-state index contributed by atoms with van der Waals surface area (Å²) in [6.07, 6.45) is 2.61. The van der Waals surface area contributed by atoms with E-state index in [-0.39, 0.29) is 17.9 Å². The molecule has 0 amide bonds. The number of fused-ring (bicyclic) bond motifs is 2. The van der Waals surface area contributed by atoms with Crippen LogP contribution in [0.1, 0.15) is 22.8 Å². The molecule has 20 heavy (non-hydrogen) atoms. The lowest BCUT2D eigenvalue weighted by atomic mass is 10.0. The number of aromatic nitrogens is 2. The summed E-state index contributed by atoms with van der Waals surface area (Å²) in [4.78, 5) is 15.5. The number of imidazole rings is 1. The van der Waals surface area contributed by atoms with Gasteiger partial charge < -0.3 is 19.1 Å². The summed E-state index contributed by atoms with van der Waals surface area (Å²) in [5, 5.41) is 9.11. The Bertz CT molecular complexity index is 681. The number of carboxylic acids is 1. The third kappa shape index (κ3) is 1.65. The SMILES string of the molecule is O=C(O)c1ccc2ncn([C@H]3CO[C@H]4OCC[C@H]43)c2c1. The summed E-state index contributed by atoms with van der Waals surface area (Å²) in [7, 11) is 0. The number of benzene rings is 1. The van der Waals surface area contributed by atoms with Gasteiger partial charge >= 0.3 is 5.97 Å². The predicted octanol–water partition coefficient (Wildman–Crippen LogP) is 1.67. The van der Waals surface area contributed by atoms with Crippen molar-refractivity contribution in [3.8, 4) is 0 Å². The zero-order valence-electron chi connectivity index (χ0n) is 10.7. The lowest BCUT2D eigenvalue weighted by Crippen LogP contribution is -2.18. The zero-order chi connectivity index (χ0) is 13.7. The molecule has 3 heterocycles. The van der Waals surface area contributed by atoms with Crippen molar-refractivity contribution in [2.45, 2.75) is 18.8 Å². The lowest BCUT2D eigenvalue weighted by molar-refractivity contribution is -0.0905. The average molecular weight is 274 g/mol. The van der Waals surface area contributed by atoms with E-state index < -0.39 is 5.97 Å². The highest BCUT2D eigenvalue weighted by molar-refractivity contribution is 5.92. The number of hydrogen-bond acceptors (Lipinski definition) is 4. The molecule has 2 fully saturated rings. The molecular weight excluding hydrogens is 260 g/mol. The summed E-state index contributed by atoms with van der Waals surface area (Å²) >= 11 is 0. The van der Waals surface area contributed by atoms with E-state index in [1.807, 2.05) is 4.57 Å². The van der Waals surface area contributed by atoms with Gasteiger partial charge in [0.25, 0.3) is 0 Å². The fourth-order valence-corrected chi connectivity index (χ4v) is 3.15. The Balaban J connectivity index is 1.79. The third-order valence-corrected chi connectivity index (χ3v) is 4.19. The largest absolute Gasteiger partial charge is 0.478 e. The summed E-state index contributed by atoms with van der Waals surface area (Å²) in [5.74, 6) is -0.606. The third-order valence-electron chi connectivity index (χ3n) is 4.19. The van der Waals surface area contributed by atoms with Crippen LogP contribution in [-0.2, 0) is 9.47 Å². The average Bonchev–Trinajstić information content (AvgIpc) is 3.11. The number of hydrogen-bond donors (Lipinski definition) is 1. The Morgan fingerprint density at radius 1 is 1.40 bits per heavy atom. The minimum Gasteiger partial charge on any atom is -0.478 e. The topological polar surface area (TPSA) is 73.6 Å². The van der Waals surface area contributed by atoms with Gasteiger partial charge in [0.1, 0.15) is 0 Å². The van der Waals surface area contributed by atoms with Crippen molar-refractivity contribution >= 4 is 17.0 Å². The second kappa shape index (κ2) is 4.29. The van der Waals surface area contributed by atoms with Crippen LogP contribution in [0.25, 0.3) is 11.0 Å². The molecule has 0 saturated carbocycles. The molecule has 1 aromatic heterocycles. The van der Waals surface area contributed by atoms with Crippen LogP contribution >= 0.6 is 0 Å². The first kappa shape index (κ1) is 11.9. The monoisotopic (exact) mass is 274 g/mol. The van der Waals surface area contributed by atoms with Crippen LogP contribution in [-0.4, -0.2) is 40.1 Å². The number of rotatable bonds is 2. The van der Waals surface area contributed by atoms with Crippen molar-refractivity contribution in [1.29, 1.82) is 0 Å². The quantitative estimate of drug-likeness (QED) is 0.901. The van der Waals surface area contributed by atoms with Gasteiger partial charge in [-0.15, -0.1) is 0 Å². The second-order valence-corrected chi connectivity index (χ2v) is 5.25. The van der Waals surface area contributed by atoms with Crippen LogP contribution in [0.2, 0.25) is 0 Å². The van der Waals surface area contributed by atoms with Crippen LogP contribution < -0.4 is 0 Å². The summed E-state index contributed by atoms with van der Waals surface area (Å²) in [6.45, 7) is 1.30. The molecule has 2 saturated heterocycles. The van der Waals surface area contributed by atoms with E-state index in [9.17, 15) is 4.79 Å². The Labute approximate surface area is 114 Å². The molecule has 2 aromatic rings. The maximum absolute atomic E-state index is 11.1. The van der Waals surface area contributed by atoms with Gasteiger partial charge in [-0.1, -0.05) is 0 Å². The van der Waals surface area contributed by atoms with Crippen LogP contribution in [0.5, 0.6) is 0 Å². The molecule has 0 spiro atoms. The highest BCUT2D eigenvalue weighted by Gasteiger charge is 2.42. The van der Waals surface area contributed by atoms with E-state index in [0.29, 0.717) is 12.5 Å². The van der Waals surface area contributed by atoms with Crippen LogP contribution in [0.3, 0.4) is 0 Å². The maximum atomic E-state index is 11.1. The summed E-state index contributed by atoms with van der Waals surface area (Å²) < 4.78 is 13.2. The van der Waals surface area contributed by atoms with E-state index in [0.717, 1.165) is 24.1 Å². The molecule has 1 N–H and O–H groups in total. The van der Waals surface area contributed by atoms with Gasteiger partial charge in [-0.05, 0) is 24.6 Å². The van der Waals surface area contributed by atoms with E-state index in [1.165, 1.54) is 0 Å². The van der Waals surface area contributed by atoms with E-state index in [2.05, 4.69) is 4.98 Å². The minimum absolute atomic E-state index is 0.125. The molecule has 0 unspecified atom stereocenters. The molecule has 6 nitrogen and oxygen atoms in total. The first-order chi connectivity index (χ1) is 9.74. The molecule has 104 valence electrons. The van der Waals surface area contributed by atoms with Crippen LogP contribution in [0.4, 0.5) is 0 Å². The van der Waals surface area contributed by atoms with Crippen LogP contribution in [0, 0.1) is 5.92 Å². The second-order valence-electron chi connectivity index (χ2n) is 5.25. The van der Waals surface area contributed by atoms with Gasteiger partial charge in [-0.25, -0.2) is 9.78 Å². The standard InChI is InChI=1S/C14H14N2O4/c17-13(18)8-1-2-10-11(5-8)16(7-15-10)12-6-20-14-9(12)3-4-19-14/h1-2,5,7,9,12,14H,3-4,6H2,(H,17,18)/t9-,12-,14+/m0/s1. The zero-order valence-corrected chi connectivity index (χ0v) is 10.7. The van der Waals surface area contributed by atoms with E-state index in [4.69, 9.17) is 14.6 Å². The summed E-state index contributed by atoms with van der Waals surface area (Å²) in [6, 6.07) is 5.16. The number of aromatic carboxylic acids is 1. The van der Waals surface area contributed by atoms with Crippen LogP contribution in [0.15, 0.2) is 24.5 Å². The van der Waals surface area contributed by atoms with Crippen molar-refractivity contribution in [1.82, 2.24) is 9.55 Å². The fraction of sp³-hybridized carbons (Fsp3) is 0.429. The van der Waals surface area contributed by atoms with Gasteiger partial charge in [-0.2, -0.15) is 0 Å². The molecular formula is C14H14N2O4. The Hall–Kier alpha value is -1.92. The van der Waals surface area contributed by atoms with Crippen molar-refractivity contribution < 1.29 is 19.4 Å². The first-order valence-electron chi connectivity index (χ1n) is 6.67. The highest BCUT2D eigenvalue weighted by Crippen LogP contribution is 2.39. The minimum atomic E-state index is -0.926. The van der Waals surface area contributed by atoms with Gasteiger partial charge in [0.15, 0.2) is 6.29 Å². The molecule has 2 aliphatic heterocycles. The number of nitrogens with zero attached hydrogens (tertiary/aromatic N) is 2. The number of carboxylic acid groups (broad SMARTS) is 1. The van der Waals surface area contributed by atoms with Gasteiger partial charge in [0.2, 0.25) is 0 Å². The number of ether oxygens (including phenoxy) is 2. The molecule has 1 aromatic carbocycles. The fourth-order valence-electron chi connectivity index (χ4n) is 3.15. The normalized spacial score (nSPS) is 28.9. The maximum Gasteiger partial charge on any atom is 0.335 e. The molecule has 2 aliphatic rings. The van der Waals surface area contributed by atoms with Gasteiger partial charge in [0, 0.05) is 5.92 Å². The molecule has 3 atom stereocenters.